The monoisotopic (exact) mass is 350 g/mol. The van der Waals surface area contributed by atoms with Gasteiger partial charge in [0.1, 0.15) is 11.6 Å². The Morgan fingerprint density at radius 1 is 1.00 bits per heavy atom. The van der Waals surface area contributed by atoms with Crippen LogP contribution >= 0.6 is 0 Å². The van der Waals surface area contributed by atoms with Gasteiger partial charge in [-0.15, -0.1) is 0 Å². The van der Waals surface area contributed by atoms with Gasteiger partial charge in [0.15, 0.2) is 5.76 Å². The number of aromatic nitrogens is 2. The molecule has 0 bridgehead atoms. The number of carbonyl (C=O) groups excluding carboxylic acids is 1. The third-order valence-corrected chi connectivity index (χ3v) is 4.19. The third kappa shape index (κ3) is 3.51. The summed E-state index contributed by atoms with van der Waals surface area (Å²) in [7, 11) is 0. The predicted molar refractivity (Wildman–Crippen MR) is 95.4 cm³/mol. The van der Waals surface area contributed by atoms with Crippen LogP contribution in [0.25, 0.3) is 0 Å². The highest BCUT2D eigenvalue weighted by Gasteiger charge is 2.25. The van der Waals surface area contributed by atoms with E-state index in [1.807, 2.05) is 30.3 Å². The minimum Gasteiger partial charge on any atom is -0.426 e. The van der Waals surface area contributed by atoms with Gasteiger partial charge in [-0.2, -0.15) is 0 Å². The van der Waals surface area contributed by atoms with Crippen LogP contribution in [0.15, 0.2) is 65.5 Å². The molecule has 3 aromatic rings. The second kappa shape index (κ2) is 7.26. The summed E-state index contributed by atoms with van der Waals surface area (Å²) in [6.07, 6.45) is 5.05. The van der Waals surface area contributed by atoms with E-state index in [-0.39, 0.29) is 11.7 Å². The smallest absolute Gasteiger partial charge is 0.290 e. The zero-order chi connectivity index (χ0) is 17.8. The number of furan rings is 1. The highest BCUT2D eigenvalue weighted by molar-refractivity contribution is 5.91. The van der Waals surface area contributed by atoms with E-state index < -0.39 is 0 Å². The van der Waals surface area contributed by atoms with Gasteiger partial charge in [0.25, 0.3) is 11.9 Å². The molecule has 132 valence electrons. The maximum Gasteiger partial charge on any atom is 0.290 e. The number of nitrogens with zero attached hydrogens (tertiary/aromatic N) is 4. The number of ether oxygens (including phenoxy) is 1. The number of para-hydroxylation sites is 1. The van der Waals surface area contributed by atoms with E-state index in [0.717, 1.165) is 5.82 Å². The Hall–Kier alpha value is -3.35. The van der Waals surface area contributed by atoms with Crippen molar-refractivity contribution in [2.24, 2.45) is 0 Å². The van der Waals surface area contributed by atoms with Gasteiger partial charge < -0.3 is 19.0 Å². The van der Waals surface area contributed by atoms with Crippen LogP contribution in [0.4, 0.5) is 5.82 Å². The Kier molecular flexibility index (Phi) is 4.51. The summed E-state index contributed by atoms with van der Waals surface area (Å²) < 4.78 is 11.2. The van der Waals surface area contributed by atoms with Crippen molar-refractivity contribution in [3.05, 3.63) is 66.8 Å². The summed E-state index contributed by atoms with van der Waals surface area (Å²) >= 11 is 0. The molecule has 0 N–H and O–H groups in total. The molecule has 0 saturated carbocycles. The fourth-order valence-corrected chi connectivity index (χ4v) is 2.84. The fraction of sp³-hybridized carbons (Fsp3) is 0.211. The number of anilines is 1. The zero-order valence-electron chi connectivity index (χ0n) is 14.1. The maximum absolute atomic E-state index is 12.6. The topological polar surface area (TPSA) is 71.7 Å². The van der Waals surface area contributed by atoms with E-state index in [2.05, 4.69) is 14.9 Å². The summed E-state index contributed by atoms with van der Waals surface area (Å²) in [6.45, 7) is 2.62. The van der Waals surface area contributed by atoms with Gasteiger partial charge in [-0.1, -0.05) is 18.2 Å². The molecule has 1 aliphatic heterocycles. The first-order valence-electron chi connectivity index (χ1n) is 8.42. The molecule has 1 amide bonds. The van der Waals surface area contributed by atoms with Crippen molar-refractivity contribution < 1.29 is 13.9 Å². The van der Waals surface area contributed by atoms with Crippen LogP contribution in [0.1, 0.15) is 10.6 Å². The van der Waals surface area contributed by atoms with Crippen LogP contribution in [0, 0.1) is 0 Å². The molecule has 1 aliphatic rings. The number of piperazine rings is 1. The lowest BCUT2D eigenvalue weighted by molar-refractivity contribution is 0.0709. The molecule has 1 aromatic carbocycles. The van der Waals surface area contributed by atoms with Crippen LogP contribution in [0.2, 0.25) is 0 Å². The average molecular weight is 350 g/mol. The summed E-state index contributed by atoms with van der Waals surface area (Å²) in [5.41, 5.74) is 0. The molecular weight excluding hydrogens is 332 g/mol. The summed E-state index contributed by atoms with van der Waals surface area (Å²) in [5, 5.41) is 0. The summed E-state index contributed by atoms with van der Waals surface area (Å²) in [5.74, 6) is 1.95. The van der Waals surface area contributed by atoms with E-state index >= 15 is 0 Å². The average Bonchev–Trinajstić information content (AvgIpc) is 3.17. The first kappa shape index (κ1) is 16.1. The van der Waals surface area contributed by atoms with Gasteiger partial charge in [-0.25, -0.2) is 4.98 Å². The van der Waals surface area contributed by atoms with Crippen molar-refractivity contribution in [1.82, 2.24) is 14.9 Å². The van der Waals surface area contributed by atoms with Crippen molar-refractivity contribution in [1.29, 1.82) is 0 Å². The molecule has 4 rings (SSSR count). The zero-order valence-corrected chi connectivity index (χ0v) is 14.1. The number of carbonyl (C=O) groups is 1. The number of amides is 1. The van der Waals surface area contributed by atoms with Crippen molar-refractivity contribution >= 4 is 11.7 Å². The second-order valence-corrected chi connectivity index (χ2v) is 5.88. The lowest BCUT2D eigenvalue weighted by Crippen LogP contribution is -2.49. The molecule has 0 unspecified atom stereocenters. The molecule has 3 heterocycles. The predicted octanol–water partition coefficient (Wildman–Crippen LogP) is 2.82. The first-order chi connectivity index (χ1) is 12.8. The highest BCUT2D eigenvalue weighted by atomic mass is 16.6. The van der Waals surface area contributed by atoms with Gasteiger partial charge in [-0.05, 0) is 18.2 Å². The van der Waals surface area contributed by atoms with Gasteiger partial charge in [0.2, 0.25) is 0 Å². The SMILES string of the molecule is O=C(c1ccc(Oc2ccccc2)o1)N1CCN(c2cnccn2)CC1. The Labute approximate surface area is 150 Å². The van der Waals surface area contributed by atoms with Crippen LogP contribution in [-0.2, 0) is 0 Å². The van der Waals surface area contributed by atoms with Crippen molar-refractivity contribution in [2.75, 3.05) is 31.1 Å². The lowest BCUT2D eigenvalue weighted by atomic mass is 10.3. The minimum atomic E-state index is -0.133. The van der Waals surface area contributed by atoms with Crippen LogP contribution < -0.4 is 9.64 Å². The number of rotatable bonds is 4. The van der Waals surface area contributed by atoms with Crippen molar-refractivity contribution in [3.8, 4) is 11.7 Å². The van der Waals surface area contributed by atoms with Crippen molar-refractivity contribution in [3.63, 3.8) is 0 Å². The van der Waals surface area contributed by atoms with Crippen LogP contribution in [0.3, 0.4) is 0 Å². The lowest BCUT2D eigenvalue weighted by Gasteiger charge is -2.34. The van der Waals surface area contributed by atoms with Gasteiger partial charge in [0.05, 0.1) is 6.20 Å². The molecule has 0 spiro atoms. The highest BCUT2D eigenvalue weighted by Crippen LogP contribution is 2.24. The fourth-order valence-electron chi connectivity index (χ4n) is 2.84. The molecule has 0 aliphatic carbocycles. The normalized spacial score (nSPS) is 14.3. The van der Waals surface area contributed by atoms with E-state index in [4.69, 9.17) is 9.15 Å². The summed E-state index contributed by atoms with van der Waals surface area (Å²) in [6, 6.07) is 12.6. The third-order valence-electron chi connectivity index (χ3n) is 4.19. The first-order valence-corrected chi connectivity index (χ1v) is 8.42. The molecule has 7 nitrogen and oxygen atoms in total. The molecule has 0 radical (unpaired) electrons. The Bertz CT molecular complexity index is 859. The van der Waals surface area contributed by atoms with Crippen molar-refractivity contribution in [2.45, 2.75) is 0 Å². The number of hydrogen-bond acceptors (Lipinski definition) is 6. The largest absolute Gasteiger partial charge is 0.426 e. The van der Waals surface area contributed by atoms with E-state index in [1.54, 1.807) is 35.6 Å². The quantitative estimate of drug-likeness (QED) is 0.720. The molecule has 2 aromatic heterocycles. The molecule has 1 saturated heterocycles. The molecular formula is C19H18N4O3. The standard InChI is InChI=1S/C19H18N4O3/c24-19(16-6-7-18(26-16)25-15-4-2-1-3-5-15)23-12-10-22(11-13-23)17-14-20-8-9-21-17/h1-9,14H,10-13H2. The number of hydrogen-bond donors (Lipinski definition) is 0. The van der Waals surface area contributed by atoms with E-state index in [0.29, 0.717) is 37.9 Å². The van der Waals surface area contributed by atoms with Crippen LogP contribution in [0.5, 0.6) is 11.7 Å². The molecule has 7 heteroatoms. The molecule has 0 atom stereocenters. The maximum atomic E-state index is 12.6. The summed E-state index contributed by atoms with van der Waals surface area (Å²) in [4.78, 5) is 24.9. The minimum absolute atomic E-state index is 0.133. The Balaban J connectivity index is 1.37. The Morgan fingerprint density at radius 2 is 1.81 bits per heavy atom. The van der Waals surface area contributed by atoms with E-state index in [9.17, 15) is 4.79 Å². The van der Waals surface area contributed by atoms with Gasteiger partial charge >= 0.3 is 0 Å². The van der Waals surface area contributed by atoms with Gasteiger partial charge in [-0.3, -0.25) is 9.78 Å². The molecule has 1 fully saturated rings. The second-order valence-electron chi connectivity index (χ2n) is 5.88. The van der Waals surface area contributed by atoms with Crippen LogP contribution in [-0.4, -0.2) is 47.0 Å². The molecule has 26 heavy (non-hydrogen) atoms. The van der Waals surface area contributed by atoms with E-state index in [1.165, 1.54) is 0 Å². The van der Waals surface area contributed by atoms with Gasteiger partial charge in [0, 0.05) is 44.6 Å². The number of benzene rings is 1. The Morgan fingerprint density at radius 3 is 2.54 bits per heavy atom.